The summed E-state index contributed by atoms with van der Waals surface area (Å²) in [7, 11) is 0. The molecule has 1 amide bonds. The van der Waals surface area contributed by atoms with Crippen LogP contribution in [-0.2, 0) is 9.53 Å². The number of ether oxygens (including phenoxy) is 1. The van der Waals surface area contributed by atoms with Gasteiger partial charge in [-0.15, -0.1) is 0 Å². The fourth-order valence-electron chi connectivity index (χ4n) is 2.01. The van der Waals surface area contributed by atoms with Crippen LogP contribution in [0.15, 0.2) is 18.2 Å². The van der Waals surface area contributed by atoms with Gasteiger partial charge in [0.05, 0.1) is 17.7 Å². The van der Waals surface area contributed by atoms with Crippen molar-refractivity contribution < 1.29 is 19.0 Å². The third kappa shape index (κ3) is 3.43. The van der Waals surface area contributed by atoms with Crippen LogP contribution in [0.5, 0.6) is 0 Å². The molecule has 0 spiro atoms. The van der Waals surface area contributed by atoms with E-state index in [2.05, 4.69) is 5.32 Å². The number of carbonyl (C=O) groups excluding carboxylic acids is 1. The Morgan fingerprint density at radius 3 is 3.00 bits per heavy atom. The molecule has 2 atom stereocenters. The van der Waals surface area contributed by atoms with Crippen LogP contribution in [0.25, 0.3) is 0 Å². The van der Waals surface area contributed by atoms with Gasteiger partial charge >= 0.3 is 0 Å². The number of hydrogen-bond acceptors (Lipinski definition) is 3. The standard InChI is InChI=1S/C13H15ClFNO3/c14-9-4-3-8(6-10(9)15)11(7-17)16-13(18)12-2-1-5-19-12/h3-4,6,11-12,17H,1-2,5,7H2,(H,16,18). The Morgan fingerprint density at radius 1 is 1.63 bits per heavy atom. The van der Waals surface area contributed by atoms with E-state index >= 15 is 0 Å². The number of aliphatic hydroxyl groups is 1. The third-order valence-electron chi connectivity index (χ3n) is 3.07. The van der Waals surface area contributed by atoms with Gasteiger partial charge in [0.2, 0.25) is 5.91 Å². The predicted octanol–water partition coefficient (Wildman–Crippen LogP) is 1.81. The summed E-state index contributed by atoms with van der Waals surface area (Å²) in [4.78, 5) is 11.9. The Labute approximate surface area is 115 Å². The zero-order chi connectivity index (χ0) is 13.8. The summed E-state index contributed by atoms with van der Waals surface area (Å²) >= 11 is 5.59. The molecule has 1 saturated heterocycles. The summed E-state index contributed by atoms with van der Waals surface area (Å²) in [5.41, 5.74) is 0.468. The number of rotatable bonds is 4. The van der Waals surface area contributed by atoms with Crippen LogP contribution in [0.3, 0.4) is 0 Å². The highest BCUT2D eigenvalue weighted by Crippen LogP contribution is 2.21. The van der Waals surface area contributed by atoms with Gasteiger partial charge in [-0.25, -0.2) is 4.39 Å². The average molecular weight is 288 g/mol. The molecule has 0 bridgehead atoms. The molecule has 2 unspecified atom stereocenters. The normalized spacial score (nSPS) is 20.3. The van der Waals surface area contributed by atoms with Crippen molar-refractivity contribution in [3.8, 4) is 0 Å². The minimum Gasteiger partial charge on any atom is -0.394 e. The number of amides is 1. The van der Waals surface area contributed by atoms with Crippen molar-refractivity contribution in [2.45, 2.75) is 25.0 Å². The van der Waals surface area contributed by atoms with Crippen LogP contribution in [-0.4, -0.2) is 30.3 Å². The highest BCUT2D eigenvalue weighted by molar-refractivity contribution is 6.30. The van der Waals surface area contributed by atoms with Crippen LogP contribution in [0.4, 0.5) is 4.39 Å². The second-order valence-electron chi connectivity index (χ2n) is 4.42. The number of aliphatic hydroxyl groups excluding tert-OH is 1. The molecule has 1 fully saturated rings. The lowest BCUT2D eigenvalue weighted by Gasteiger charge is -2.19. The maximum absolute atomic E-state index is 13.4. The van der Waals surface area contributed by atoms with Gasteiger partial charge in [-0.2, -0.15) is 0 Å². The molecule has 2 rings (SSSR count). The molecule has 1 aromatic carbocycles. The van der Waals surface area contributed by atoms with E-state index in [1.807, 2.05) is 0 Å². The molecule has 0 aliphatic carbocycles. The first-order valence-electron chi connectivity index (χ1n) is 6.09. The van der Waals surface area contributed by atoms with Gasteiger partial charge in [0, 0.05) is 6.61 Å². The van der Waals surface area contributed by atoms with Crippen molar-refractivity contribution in [2.24, 2.45) is 0 Å². The van der Waals surface area contributed by atoms with Gasteiger partial charge < -0.3 is 15.2 Å². The topological polar surface area (TPSA) is 58.6 Å². The van der Waals surface area contributed by atoms with Crippen molar-refractivity contribution in [3.05, 3.63) is 34.6 Å². The maximum atomic E-state index is 13.4. The Morgan fingerprint density at radius 2 is 2.42 bits per heavy atom. The van der Waals surface area contributed by atoms with Gasteiger partial charge in [0.15, 0.2) is 0 Å². The van der Waals surface area contributed by atoms with Gasteiger partial charge in [-0.1, -0.05) is 17.7 Å². The fourth-order valence-corrected chi connectivity index (χ4v) is 2.13. The third-order valence-corrected chi connectivity index (χ3v) is 3.37. The molecule has 0 radical (unpaired) electrons. The average Bonchev–Trinajstić information content (AvgIpc) is 2.93. The number of carbonyl (C=O) groups is 1. The van der Waals surface area contributed by atoms with Crippen LogP contribution >= 0.6 is 11.6 Å². The summed E-state index contributed by atoms with van der Waals surface area (Å²) in [6, 6.07) is 3.51. The highest BCUT2D eigenvalue weighted by Gasteiger charge is 2.26. The largest absolute Gasteiger partial charge is 0.394 e. The molecule has 4 nitrogen and oxygen atoms in total. The second-order valence-corrected chi connectivity index (χ2v) is 4.83. The minimum atomic E-state index is -0.663. The molecule has 104 valence electrons. The zero-order valence-corrected chi connectivity index (χ0v) is 11.0. The second kappa shape index (κ2) is 6.32. The lowest BCUT2D eigenvalue weighted by molar-refractivity contribution is -0.131. The molecule has 1 aromatic rings. The summed E-state index contributed by atoms with van der Waals surface area (Å²) in [5.74, 6) is -0.865. The zero-order valence-electron chi connectivity index (χ0n) is 10.2. The summed E-state index contributed by atoms with van der Waals surface area (Å²) in [5, 5.41) is 12.0. The Hall–Kier alpha value is -1.17. The minimum absolute atomic E-state index is 0.00546. The summed E-state index contributed by atoms with van der Waals surface area (Å²) < 4.78 is 18.6. The monoisotopic (exact) mass is 287 g/mol. The molecule has 1 aliphatic rings. The quantitative estimate of drug-likeness (QED) is 0.888. The molecule has 1 aliphatic heterocycles. The molecule has 0 aromatic heterocycles. The molecule has 6 heteroatoms. The van der Waals surface area contributed by atoms with E-state index in [0.29, 0.717) is 18.6 Å². The van der Waals surface area contributed by atoms with Gasteiger partial charge in [0.1, 0.15) is 11.9 Å². The lowest BCUT2D eigenvalue weighted by atomic mass is 10.1. The summed E-state index contributed by atoms with van der Waals surface area (Å²) in [6.45, 7) is 0.247. The van der Waals surface area contributed by atoms with E-state index < -0.39 is 18.0 Å². The lowest BCUT2D eigenvalue weighted by Crippen LogP contribution is -2.38. The first-order chi connectivity index (χ1) is 9.11. The fraction of sp³-hybridized carbons (Fsp3) is 0.462. The first-order valence-corrected chi connectivity index (χ1v) is 6.47. The van der Waals surface area contributed by atoms with Crippen LogP contribution in [0.2, 0.25) is 5.02 Å². The van der Waals surface area contributed by atoms with Crippen molar-refractivity contribution in [2.75, 3.05) is 13.2 Å². The molecular weight excluding hydrogens is 273 g/mol. The summed E-state index contributed by atoms with van der Waals surface area (Å²) in [6.07, 6.45) is 1.03. The predicted molar refractivity (Wildman–Crippen MR) is 68.4 cm³/mol. The number of nitrogens with one attached hydrogen (secondary N) is 1. The molecule has 2 N–H and O–H groups in total. The smallest absolute Gasteiger partial charge is 0.249 e. The van der Waals surface area contributed by atoms with E-state index in [0.717, 1.165) is 6.42 Å². The Balaban J connectivity index is 2.06. The molecule has 1 heterocycles. The first kappa shape index (κ1) is 14.2. The van der Waals surface area contributed by atoms with Gasteiger partial charge in [-0.05, 0) is 30.5 Å². The maximum Gasteiger partial charge on any atom is 0.249 e. The molecule has 19 heavy (non-hydrogen) atoms. The Bertz CT molecular complexity index is 463. The van der Waals surface area contributed by atoms with Crippen molar-refractivity contribution in [1.82, 2.24) is 5.32 Å². The van der Waals surface area contributed by atoms with Gasteiger partial charge in [0.25, 0.3) is 0 Å². The van der Waals surface area contributed by atoms with E-state index in [4.69, 9.17) is 16.3 Å². The van der Waals surface area contributed by atoms with Crippen LogP contribution < -0.4 is 5.32 Å². The SMILES string of the molecule is O=C(NC(CO)c1ccc(Cl)c(F)c1)C1CCCO1. The van der Waals surface area contributed by atoms with E-state index in [1.165, 1.54) is 12.1 Å². The van der Waals surface area contributed by atoms with Crippen molar-refractivity contribution in [1.29, 1.82) is 0 Å². The number of benzene rings is 1. The van der Waals surface area contributed by atoms with Gasteiger partial charge in [-0.3, -0.25) is 4.79 Å². The number of hydrogen-bond donors (Lipinski definition) is 2. The van der Waals surface area contributed by atoms with Crippen LogP contribution in [0.1, 0.15) is 24.4 Å². The molecular formula is C13H15ClFNO3. The van der Waals surface area contributed by atoms with E-state index in [9.17, 15) is 14.3 Å². The van der Waals surface area contributed by atoms with Crippen molar-refractivity contribution in [3.63, 3.8) is 0 Å². The Kier molecular flexibility index (Phi) is 4.74. The van der Waals surface area contributed by atoms with E-state index in [1.54, 1.807) is 6.07 Å². The van der Waals surface area contributed by atoms with E-state index in [-0.39, 0.29) is 17.5 Å². The van der Waals surface area contributed by atoms with Crippen molar-refractivity contribution >= 4 is 17.5 Å². The van der Waals surface area contributed by atoms with Crippen LogP contribution in [0, 0.1) is 5.82 Å². The molecule has 0 saturated carbocycles. The highest BCUT2D eigenvalue weighted by atomic mass is 35.5. The number of halogens is 2.